The van der Waals surface area contributed by atoms with Crippen molar-refractivity contribution in [2.75, 3.05) is 19.6 Å². The van der Waals surface area contributed by atoms with Gasteiger partial charge in [-0.05, 0) is 24.1 Å². The summed E-state index contributed by atoms with van der Waals surface area (Å²) in [6.07, 6.45) is 2.07. The molecule has 1 aromatic heterocycles. The van der Waals surface area contributed by atoms with Gasteiger partial charge in [-0.1, -0.05) is 24.4 Å². The number of piperazine rings is 1. The lowest BCUT2D eigenvalue weighted by Crippen LogP contribution is -2.56. The lowest BCUT2D eigenvalue weighted by molar-refractivity contribution is -0.384. The number of thiocarbonyl (C=S) groups is 1. The molecule has 1 saturated heterocycles. The number of carbonyl (C=O) groups is 1. The molecule has 1 aromatic carbocycles. The first kappa shape index (κ1) is 18.4. The molecule has 2 heterocycles. The molecule has 0 N–H and O–H groups in total. The Morgan fingerprint density at radius 2 is 2.04 bits per heavy atom. The van der Waals surface area contributed by atoms with Crippen LogP contribution >= 0.6 is 24.8 Å². The summed E-state index contributed by atoms with van der Waals surface area (Å²) in [7, 11) is 0. The van der Waals surface area contributed by atoms with Crippen molar-refractivity contribution < 1.29 is 14.1 Å². The van der Waals surface area contributed by atoms with Crippen LogP contribution < -0.4 is 0 Å². The van der Waals surface area contributed by atoms with E-state index in [4.69, 9.17) is 16.6 Å². The molecule has 3 rings (SSSR count). The van der Waals surface area contributed by atoms with Gasteiger partial charge in [0.05, 0.1) is 17.2 Å². The number of thiol groups is 1. The number of nitrogens with zero attached hydrogens (tertiary/aromatic N) is 3. The van der Waals surface area contributed by atoms with Gasteiger partial charge in [-0.2, -0.15) is 0 Å². The molecule has 0 saturated carbocycles. The molecule has 9 heteroatoms. The van der Waals surface area contributed by atoms with Crippen molar-refractivity contribution in [1.82, 2.24) is 9.80 Å². The van der Waals surface area contributed by atoms with E-state index in [1.54, 1.807) is 29.2 Å². The average molecular weight is 391 g/mol. The summed E-state index contributed by atoms with van der Waals surface area (Å²) in [6.45, 7) is 1.57. The molecule has 1 unspecified atom stereocenters. The van der Waals surface area contributed by atoms with Crippen LogP contribution in [0.25, 0.3) is 0 Å². The molecule has 0 aliphatic carbocycles. The second kappa shape index (κ2) is 7.88. The van der Waals surface area contributed by atoms with Gasteiger partial charge in [0.15, 0.2) is 5.76 Å². The normalized spacial score (nSPS) is 17.2. The van der Waals surface area contributed by atoms with Gasteiger partial charge in [0.2, 0.25) is 0 Å². The summed E-state index contributed by atoms with van der Waals surface area (Å²) in [6, 6.07) is 9.68. The second-order valence-electron chi connectivity index (χ2n) is 5.99. The van der Waals surface area contributed by atoms with Crippen molar-refractivity contribution in [2.24, 2.45) is 0 Å². The SMILES string of the molecule is O=C(c1ccco1)N1CCN(C(=S)S)C(Cc2ccc([N+](=O)[O-])cc2)C1. The summed E-state index contributed by atoms with van der Waals surface area (Å²) in [5.41, 5.74) is 0.982. The van der Waals surface area contributed by atoms with E-state index in [1.165, 1.54) is 18.4 Å². The van der Waals surface area contributed by atoms with Crippen molar-refractivity contribution in [2.45, 2.75) is 12.5 Å². The smallest absolute Gasteiger partial charge is 0.289 e. The summed E-state index contributed by atoms with van der Waals surface area (Å²) < 4.78 is 5.68. The van der Waals surface area contributed by atoms with Gasteiger partial charge in [-0.25, -0.2) is 0 Å². The maximum absolute atomic E-state index is 12.5. The lowest BCUT2D eigenvalue weighted by Gasteiger charge is -2.41. The number of nitro groups is 1. The Kier molecular flexibility index (Phi) is 5.58. The molecular formula is C17H17N3O4S2. The van der Waals surface area contributed by atoms with Crippen molar-refractivity contribution in [3.05, 3.63) is 64.1 Å². The highest BCUT2D eigenvalue weighted by atomic mass is 32.1. The van der Waals surface area contributed by atoms with Gasteiger partial charge < -0.3 is 14.2 Å². The Hall–Kier alpha value is -2.39. The number of furan rings is 1. The topological polar surface area (TPSA) is 79.8 Å². The zero-order valence-electron chi connectivity index (χ0n) is 13.8. The Morgan fingerprint density at radius 3 is 2.62 bits per heavy atom. The molecule has 7 nitrogen and oxygen atoms in total. The van der Waals surface area contributed by atoms with Gasteiger partial charge in [-0.3, -0.25) is 14.9 Å². The van der Waals surface area contributed by atoms with Crippen LogP contribution in [0.1, 0.15) is 16.1 Å². The molecule has 1 fully saturated rings. The molecule has 1 atom stereocenters. The maximum atomic E-state index is 12.5. The van der Waals surface area contributed by atoms with Gasteiger partial charge in [0.25, 0.3) is 11.6 Å². The average Bonchev–Trinajstić information content (AvgIpc) is 3.16. The maximum Gasteiger partial charge on any atom is 0.289 e. The standard InChI is InChI=1S/C17H17N3O4S2/c21-16(15-2-1-9-24-15)18-7-8-19(17(25)26)14(11-18)10-12-3-5-13(6-4-12)20(22)23/h1-6,9,14H,7-8,10-11H2,(H,25,26). The van der Waals surface area contributed by atoms with Crippen LogP contribution in [0.4, 0.5) is 5.69 Å². The molecular weight excluding hydrogens is 374 g/mol. The number of rotatable bonds is 4. The third-order valence-corrected chi connectivity index (χ3v) is 4.86. The molecule has 0 bridgehead atoms. The van der Waals surface area contributed by atoms with E-state index in [2.05, 4.69) is 12.6 Å². The molecule has 26 heavy (non-hydrogen) atoms. The van der Waals surface area contributed by atoms with Gasteiger partial charge in [0.1, 0.15) is 4.32 Å². The number of nitro benzene ring substituents is 1. The zero-order valence-corrected chi connectivity index (χ0v) is 15.5. The summed E-state index contributed by atoms with van der Waals surface area (Å²) in [5, 5.41) is 10.8. The minimum atomic E-state index is -0.427. The second-order valence-corrected chi connectivity index (χ2v) is 7.10. The van der Waals surface area contributed by atoms with Crippen molar-refractivity contribution in [3.8, 4) is 0 Å². The molecule has 1 aliphatic rings. The van der Waals surface area contributed by atoms with E-state index in [1.807, 2.05) is 4.90 Å². The Morgan fingerprint density at radius 1 is 1.31 bits per heavy atom. The lowest BCUT2D eigenvalue weighted by atomic mass is 10.0. The van der Waals surface area contributed by atoms with E-state index in [9.17, 15) is 14.9 Å². The van der Waals surface area contributed by atoms with Crippen molar-refractivity contribution in [1.29, 1.82) is 0 Å². The number of hydrogen-bond acceptors (Lipinski definition) is 5. The van der Waals surface area contributed by atoms with Gasteiger partial charge in [-0.15, -0.1) is 12.6 Å². The highest BCUT2D eigenvalue weighted by Crippen LogP contribution is 2.20. The largest absolute Gasteiger partial charge is 0.459 e. The van der Waals surface area contributed by atoms with E-state index < -0.39 is 4.92 Å². The number of amides is 1. The van der Waals surface area contributed by atoms with E-state index in [0.717, 1.165) is 5.56 Å². The highest BCUT2D eigenvalue weighted by Gasteiger charge is 2.31. The fraction of sp³-hybridized carbons (Fsp3) is 0.294. The minimum absolute atomic E-state index is 0.0496. The number of non-ortho nitro benzene ring substituents is 1. The Bertz CT molecular complexity index is 808. The van der Waals surface area contributed by atoms with E-state index in [-0.39, 0.29) is 17.6 Å². The first-order chi connectivity index (χ1) is 12.5. The zero-order chi connectivity index (χ0) is 18.7. The Labute approximate surface area is 161 Å². The summed E-state index contributed by atoms with van der Waals surface area (Å²) in [4.78, 5) is 26.6. The van der Waals surface area contributed by atoms with Crippen LogP contribution in [0.5, 0.6) is 0 Å². The predicted octanol–water partition coefficient (Wildman–Crippen LogP) is 2.77. The summed E-state index contributed by atoms with van der Waals surface area (Å²) in [5.74, 6) is 0.148. The van der Waals surface area contributed by atoms with Crippen LogP contribution in [0.15, 0.2) is 47.1 Å². The van der Waals surface area contributed by atoms with Crippen LogP contribution in [0, 0.1) is 10.1 Å². The molecule has 2 aromatic rings. The first-order valence-electron chi connectivity index (χ1n) is 8.01. The fourth-order valence-electron chi connectivity index (χ4n) is 3.05. The van der Waals surface area contributed by atoms with Crippen molar-refractivity contribution in [3.63, 3.8) is 0 Å². The quantitative estimate of drug-likeness (QED) is 0.374. The van der Waals surface area contributed by atoms with E-state index >= 15 is 0 Å². The summed E-state index contributed by atoms with van der Waals surface area (Å²) >= 11 is 9.52. The fourth-order valence-corrected chi connectivity index (χ4v) is 3.55. The molecule has 0 radical (unpaired) electrons. The monoisotopic (exact) mass is 391 g/mol. The van der Waals surface area contributed by atoms with Gasteiger partial charge >= 0.3 is 0 Å². The third-order valence-electron chi connectivity index (χ3n) is 4.37. The van der Waals surface area contributed by atoms with Crippen molar-refractivity contribution >= 4 is 40.8 Å². The van der Waals surface area contributed by atoms with Crippen LogP contribution in [0.3, 0.4) is 0 Å². The van der Waals surface area contributed by atoms with Crippen LogP contribution in [-0.4, -0.2) is 50.6 Å². The first-order valence-corrected chi connectivity index (χ1v) is 8.87. The van der Waals surface area contributed by atoms with E-state index in [0.29, 0.717) is 36.1 Å². The number of hydrogen-bond donors (Lipinski definition) is 1. The molecule has 1 aliphatic heterocycles. The highest BCUT2D eigenvalue weighted by molar-refractivity contribution is 8.10. The van der Waals surface area contributed by atoms with Gasteiger partial charge in [0, 0.05) is 31.8 Å². The number of carbonyl (C=O) groups excluding carboxylic acids is 1. The molecule has 1 amide bonds. The number of benzene rings is 1. The predicted molar refractivity (Wildman–Crippen MR) is 103 cm³/mol. The third kappa shape index (κ3) is 4.05. The van der Waals surface area contributed by atoms with Crippen LogP contribution in [0.2, 0.25) is 0 Å². The Balaban J connectivity index is 1.75. The molecule has 136 valence electrons. The molecule has 0 spiro atoms. The minimum Gasteiger partial charge on any atom is -0.459 e. The van der Waals surface area contributed by atoms with Crippen LogP contribution in [-0.2, 0) is 6.42 Å².